The SMILES string of the molecule is CCNC(C=C(C)C)C1Cc2ccccc2C1. The predicted molar refractivity (Wildman–Crippen MR) is 74.2 cm³/mol. The van der Waals surface area contributed by atoms with Crippen LogP contribution in [0.15, 0.2) is 35.9 Å². The van der Waals surface area contributed by atoms with Gasteiger partial charge in [-0.05, 0) is 50.3 Å². The Morgan fingerprint density at radius 3 is 2.35 bits per heavy atom. The summed E-state index contributed by atoms with van der Waals surface area (Å²) in [6, 6.07) is 9.40. The van der Waals surface area contributed by atoms with Gasteiger partial charge in [-0.2, -0.15) is 0 Å². The Bertz CT molecular complexity index is 377. The minimum Gasteiger partial charge on any atom is -0.310 e. The van der Waals surface area contributed by atoms with Gasteiger partial charge < -0.3 is 5.32 Å². The fraction of sp³-hybridized carbons (Fsp3) is 0.500. The Balaban J connectivity index is 2.11. The first-order chi connectivity index (χ1) is 8.20. The molecule has 0 spiro atoms. The number of allylic oxidation sites excluding steroid dienone is 1. The number of fused-ring (bicyclic) bond motifs is 1. The van der Waals surface area contributed by atoms with Crippen LogP contribution in [0.25, 0.3) is 0 Å². The van der Waals surface area contributed by atoms with E-state index >= 15 is 0 Å². The van der Waals surface area contributed by atoms with Crippen LogP contribution in [0.4, 0.5) is 0 Å². The zero-order chi connectivity index (χ0) is 12.3. The van der Waals surface area contributed by atoms with Gasteiger partial charge in [0.1, 0.15) is 0 Å². The summed E-state index contributed by atoms with van der Waals surface area (Å²) >= 11 is 0. The third kappa shape index (κ3) is 2.98. The molecular formula is C16H23N. The van der Waals surface area contributed by atoms with Gasteiger partial charge in [0.15, 0.2) is 0 Å². The number of hydrogen-bond acceptors (Lipinski definition) is 1. The molecule has 0 aromatic heterocycles. The Morgan fingerprint density at radius 1 is 1.29 bits per heavy atom. The molecule has 1 N–H and O–H groups in total. The van der Waals surface area contributed by atoms with Crippen molar-refractivity contribution in [1.82, 2.24) is 5.32 Å². The largest absolute Gasteiger partial charge is 0.310 e. The molecule has 1 aliphatic rings. The topological polar surface area (TPSA) is 12.0 Å². The standard InChI is InChI=1S/C16H23N/c1-4-17-16(9-12(2)3)15-10-13-7-5-6-8-14(13)11-15/h5-9,15-17H,4,10-11H2,1-3H3. The molecular weight excluding hydrogens is 206 g/mol. The molecule has 0 fully saturated rings. The maximum atomic E-state index is 3.61. The van der Waals surface area contributed by atoms with E-state index < -0.39 is 0 Å². The van der Waals surface area contributed by atoms with Gasteiger partial charge in [0.25, 0.3) is 0 Å². The van der Waals surface area contributed by atoms with E-state index in [-0.39, 0.29) is 0 Å². The molecule has 1 unspecified atom stereocenters. The zero-order valence-electron chi connectivity index (χ0n) is 11.2. The van der Waals surface area contributed by atoms with Crippen molar-refractivity contribution in [2.24, 2.45) is 5.92 Å². The van der Waals surface area contributed by atoms with Crippen LogP contribution in [-0.2, 0) is 12.8 Å². The molecule has 1 heteroatoms. The highest BCUT2D eigenvalue weighted by molar-refractivity contribution is 5.33. The van der Waals surface area contributed by atoms with Crippen molar-refractivity contribution < 1.29 is 0 Å². The van der Waals surface area contributed by atoms with E-state index in [0.717, 1.165) is 12.5 Å². The summed E-state index contributed by atoms with van der Waals surface area (Å²) in [6.07, 6.45) is 4.83. The second kappa shape index (κ2) is 5.50. The van der Waals surface area contributed by atoms with Crippen molar-refractivity contribution in [1.29, 1.82) is 0 Å². The van der Waals surface area contributed by atoms with Crippen molar-refractivity contribution >= 4 is 0 Å². The number of likely N-dealkylation sites (N-methyl/N-ethyl adjacent to an activating group) is 1. The highest BCUT2D eigenvalue weighted by Gasteiger charge is 2.26. The highest BCUT2D eigenvalue weighted by atomic mass is 14.9. The summed E-state index contributed by atoms with van der Waals surface area (Å²) in [5.41, 5.74) is 4.50. The van der Waals surface area contributed by atoms with Crippen LogP contribution in [0.5, 0.6) is 0 Å². The minimum absolute atomic E-state index is 0.525. The van der Waals surface area contributed by atoms with Gasteiger partial charge in [-0.25, -0.2) is 0 Å². The summed E-state index contributed by atoms with van der Waals surface area (Å²) in [6.45, 7) is 7.61. The summed E-state index contributed by atoms with van der Waals surface area (Å²) in [5, 5.41) is 3.61. The molecule has 0 saturated heterocycles. The molecule has 1 aromatic carbocycles. The lowest BCUT2D eigenvalue weighted by Crippen LogP contribution is -2.35. The first-order valence-electron chi connectivity index (χ1n) is 6.66. The Labute approximate surface area is 105 Å². The monoisotopic (exact) mass is 229 g/mol. The number of hydrogen-bond donors (Lipinski definition) is 1. The van der Waals surface area contributed by atoms with E-state index in [4.69, 9.17) is 0 Å². The fourth-order valence-corrected chi connectivity index (χ4v) is 2.80. The lowest BCUT2D eigenvalue weighted by atomic mass is 9.95. The molecule has 0 saturated carbocycles. The van der Waals surface area contributed by atoms with Crippen molar-refractivity contribution in [2.45, 2.75) is 39.7 Å². The maximum Gasteiger partial charge on any atom is 0.0286 e. The van der Waals surface area contributed by atoms with Gasteiger partial charge in [-0.15, -0.1) is 0 Å². The number of nitrogens with one attached hydrogen (secondary N) is 1. The molecule has 0 radical (unpaired) electrons. The lowest BCUT2D eigenvalue weighted by Gasteiger charge is -2.21. The van der Waals surface area contributed by atoms with E-state index in [0.29, 0.717) is 6.04 Å². The highest BCUT2D eigenvalue weighted by Crippen LogP contribution is 2.29. The minimum atomic E-state index is 0.525. The summed E-state index contributed by atoms with van der Waals surface area (Å²) in [4.78, 5) is 0. The first-order valence-corrected chi connectivity index (χ1v) is 6.66. The van der Waals surface area contributed by atoms with Gasteiger partial charge in [0.05, 0.1) is 0 Å². The molecule has 0 bridgehead atoms. The third-order valence-electron chi connectivity index (χ3n) is 3.54. The fourth-order valence-electron chi connectivity index (χ4n) is 2.80. The predicted octanol–water partition coefficient (Wildman–Crippen LogP) is 3.35. The van der Waals surface area contributed by atoms with Crippen molar-refractivity contribution in [2.75, 3.05) is 6.54 Å². The van der Waals surface area contributed by atoms with Gasteiger partial charge in [-0.3, -0.25) is 0 Å². The Morgan fingerprint density at radius 2 is 1.88 bits per heavy atom. The van der Waals surface area contributed by atoms with Gasteiger partial charge in [0, 0.05) is 6.04 Å². The molecule has 1 aromatic rings. The zero-order valence-corrected chi connectivity index (χ0v) is 11.2. The van der Waals surface area contributed by atoms with Crippen LogP contribution < -0.4 is 5.32 Å². The van der Waals surface area contributed by atoms with Crippen LogP contribution in [-0.4, -0.2) is 12.6 Å². The average molecular weight is 229 g/mol. The molecule has 17 heavy (non-hydrogen) atoms. The number of rotatable bonds is 4. The molecule has 0 amide bonds. The third-order valence-corrected chi connectivity index (χ3v) is 3.54. The summed E-state index contributed by atoms with van der Waals surface area (Å²) in [5.74, 6) is 0.724. The second-order valence-electron chi connectivity index (χ2n) is 5.26. The second-order valence-corrected chi connectivity index (χ2v) is 5.26. The average Bonchev–Trinajstić information content (AvgIpc) is 2.71. The van der Waals surface area contributed by atoms with Crippen molar-refractivity contribution in [3.8, 4) is 0 Å². The van der Waals surface area contributed by atoms with Crippen LogP contribution in [0, 0.1) is 5.92 Å². The molecule has 0 heterocycles. The first kappa shape index (κ1) is 12.4. The van der Waals surface area contributed by atoms with E-state index in [1.165, 1.54) is 18.4 Å². The molecule has 1 nitrogen and oxygen atoms in total. The number of benzene rings is 1. The Hall–Kier alpha value is -1.08. The van der Waals surface area contributed by atoms with Crippen LogP contribution in [0.2, 0.25) is 0 Å². The van der Waals surface area contributed by atoms with E-state index in [9.17, 15) is 0 Å². The normalized spacial score (nSPS) is 16.6. The lowest BCUT2D eigenvalue weighted by molar-refractivity contribution is 0.427. The van der Waals surface area contributed by atoms with Gasteiger partial charge in [-0.1, -0.05) is 42.8 Å². The molecule has 2 rings (SSSR count). The smallest absolute Gasteiger partial charge is 0.0286 e. The van der Waals surface area contributed by atoms with E-state index in [1.54, 1.807) is 11.1 Å². The molecule has 1 aliphatic carbocycles. The van der Waals surface area contributed by atoms with Gasteiger partial charge in [0.2, 0.25) is 0 Å². The molecule has 1 atom stereocenters. The van der Waals surface area contributed by atoms with Gasteiger partial charge >= 0.3 is 0 Å². The van der Waals surface area contributed by atoms with Crippen molar-refractivity contribution in [3.63, 3.8) is 0 Å². The summed E-state index contributed by atoms with van der Waals surface area (Å²) in [7, 11) is 0. The molecule has 92 valence electrons. The summed E-state index contributed by atoms with van der Waals surface area (Å²) < 4.78 is 0. The maximum absolute atomic E-state index is 3.61. The quantitative estimate of drug-likeness (QED) is 0.781. The van der Waals surface area contributed by atoms with Crippen LogP contribution >= 0.6 is 0 Å². The Kier molecular flexibility index (Phi) is 4.01. The molecule has 0 aliphatic heterocycles. The van der Waals surface area contributed by atoms with Crippen molar-refractivity contribution in [3.05, 3.63) is 47.0 Å². The van der Waals surface area contributed by atoms with E-state index in [1.807, 2.05) is 0 Å². The van der Waals surface area contributed by atoms with E-state index in [2.05, 4.69) is 56.4 Å². The van der Waals surface area contributed by atoms with Crippen LogP contribution in [0.1, 0.15) is 31.9 Å². The van der Waals surface area contributed by atoms with Crippen LogP contribution in [0.3, 0.4) is 0 Å².